The predicted octanol–water partition coefficient (Wildman–Crippen LogP) is 6.08. The number of benzene rings is 2. The molecule has 8 heteroatoms. The van der Waals surface area contributed by atoms with Crippen molar-refractivity contribution in [3.8, 4) is 0 Å². The van der Waals surface area contributed by atoms with Gasteiger partial charge in [-0.3, -0.25) is 0 Å². The fourth-order valence-electron chi connectivity index (χ4n) is 3.37. The zero-order valence-corrected chi connectivity index (χ0v) is 25.6. The van der Waals surface area contributed by atoms with Crippen molar-refractivity contribution in [1.29, 1.82) is 5.41 Å². The van der Waals surface area contributed by atoms with Crippen molar-refractivity contribution < 1.29 is 0 Å². The molecule has 3 aromatic rings. The Morgan fingerprint density at radius 1 is 1.08 bits per heavy atom. The van der Waals surface area contributed by atoms with Crippen LogP contribution in [-0.4, -0.2) is 49.0 Å². The van der Waals surface area contributed by atoms with Gasteiger partial charge in [-0.05, 0) is 0 Å². The maximum atomic E-state index is 7.26. The number of anilines is 1. The molecular formula is C29H38N6Se2. The molecule has 196 valence electrons. The fraction of sp³-hybridized carbons (Fsp3) is 0.310. The van der Waals surface area contributed by atoms with Crippen LogP contribution in [0, 0.1) is 5.41 Å². The number of amidine groups is 1. The molecule has 0 saturated carbocycles. The summed E-state index contributed by atoms with van der Waals surface area (Å²) in [6.45, 7) is 7.96. The molecule has 1 aliphatic carbocycles. The normalized spacial score (nSPS) is 12.4. The Hall–Kier alpha value is -2.76. The summed E-state index contributed by atoms with van der Waals surface area (Å²) in [6.07, 6.45) is 12.1. The van der Waals surface area contributed by atoms with E-state index in [2.05, 4.69) is 69.9 Å². The standard InChI is InChI=1S/C18H21N3Se.C9H11N3Se.C2H6/c1-2-7-14-8-6-9-15(12-14)13-17-20-21-18(22-17)19-16-10-4-3-5-11-16;1-7(10)13-9(11)12-8-5-3-2-4-6-8;1-2/h4,6,8-12H,2-3,5,7,13H2,1H3,(H,19,21);2-6,10H,1H3,(H2,11,12);1-2H3. The third-order valence-corrected chi connectivity index (χ3v) is 7.88. The van der Waals surface area contributed by atoms with Gasteiger partial charge in [-0.15, -0.1) is 0 Å². The van der Waals surface area contributed by atoms with Crippen molar-refractivity contribution in [3.63, 3.8) is 0 Å². The molecule has 2 aromatic carbocycles. The van der Waals surface area contributed by atoms with Gasteiger partial charge in [0.1, 0.15) is 0 Å². The van der Waals surface area contributed by atoms with Gasteiger partial charge in [0.2, 0.25) is 0 Å². The van der Waals surface area contributed by atoms with E-state index in [4.69, 9.17) is 11.1 Å². The number of para-hydroxylation sites is 1. The van der Waals surface area contributed by atoms with Crippen LogP contribution in [0.3, 0.4) is 0 Å². The Morgan fingerprint density at radius 2 is 1.84 bits per heavy atom. The molecule has 0 amide bonds. The van der Waals surface area contributed by atoms with Crippen LogP contribution in [0.1, 0.15) is 62.7 Å². The molecule has 0 bridgehead atoms. The molecule has 1 heterocycles. The van der Waals surface area contributed by atoms with E-state index in [-0.39, 0.29) is 29.5 Å². The van der Waals surface area contributed by atoms with Crippen molar-refractivity contribution >= 4 is 49.2 Å². The molecule has 37 heavy (non-hydrogen) atoms. The van der Waals surface area contributed by atoms with Gasteiger partial charge in [0, 0.05) is 0 Å². The Kier molecular flexibility index (Phi) is 14.5. The van der Waals surface area contributed by atoms with E-state index in [0.29, 0.717) is 9.34 Å². The summed E-state index contributed by atoms with van der Waals surface area (Å²) in [4.78, 5) is 4.18. The van der Waals surface area contributed by atoms with Crippen molar-refractivity contribution in [2.45, 2.75) is 59.8 Å². The minimum absolute atomic E-state index is 0.101. The molecule has 4 N–H and O–H groups in total. The van der Waals surface area contributed by atoms with E-state index in [1.165, 1.54) is 22.1 Å². The SMILES string of the molecule is CC.CC(=N)[Se]C(N)=Nc1ccccc1.CCCc1cccc(Cc2nnc(NC3=CCCC=C3)[se]2)c1. The Bertz CT molecular complexity index is 1180. The summed E-state index contributed by atoms with van der Waals surface area (Å²) in [5, 5.41) is 19.3. The molecule has 0 fully saturated rings. The number of rotatable bonds is 9. The zero-order chi connectivity index (χ0) is 26.9. The Morgan fingerprint density at radius 3 is 2.51 bits per heavy atom. The first kappa shape index (κ1) is 30.5. The summed E-state index contributed by atoms with van der Waals surface area (Å²) < 4.78 is 3.35. The van der Waals surface area contributed by atoms with Gasteiger partial charge in [-0.25, -0.2) is 0 Å². The topological polar surface area (TPSA) is 100 Å². The van der Waals surface area contributed by atoms with Crippen LogP contribution < -0.4 is 11.1 Å². The molecule has 6 nitrogen and oxygen atoms in total. The first-order valence-electron chi connectivity index (χ1n) is 12.7. The predicted molar refractivity (Wildman–Crippen MR) is 161 cm³/mol. The van der Waals surface area contributed by atoms with Crippen LogP contribution in [0.5, 0.6) is 0 Å². The Labute approximate surface area is 234 Å². The van der Waals surface area contributed by atoms with E-state index < -0.39 is 0 Å². The van der Waals surface area contributed by atoms with Gasteiger partial charge in [0.25, 0.3) is 0 Å². The number of hydrogen-bond donors (Lipinski definition) is 3. The van der Waals surface area contributed by atoms with Crippen molar-refractivity contribution in [1.82, 2.24) is 10.2 Å². The first-order valence-corrected chi connectivity index (χ1v) is 16.1. The van der Waals surface area contributed by atoms with Crippen LogP contribution in [-0.2, 0) is 12.8 Å². The second-order valence-electron chi connectivity index (χ2n) is 7.96. The molecule has 0 unspecified atom stereocenters. The molecule has 1 aromatic heterocycles. The molecule has 4 rings (SSSR count). The van der Waals surface area contributed by atoms with Crippen LogP contribution >= 0.6 is 0 Å². The molecule has 1 aliphatic rings. The molecule has 0 atom stereocenters. The monoisotopic (exact) mass is 630 g/mol. The van der Waals surface area contributed by atoms with Crippen LogP contribution in [0.4, 0.5) is 10.4 Å². The minimum atomic E-state index is -0.101. The summed E-state index contributed by atoms with van der Waals surface area (Å²) >= 11 is 0.114. The number of allylic oxidation sites excluding steroid dienone is 3. The quantitative estimate of drug-likeness (QED) is 0.152. The number of nitrogens with two attached hydrogens (primary N) is 1. The van der Waals surface area contributed by atoms with Crippen molar-refractivity contribution in [2.75, 3.05) is 5.32 Å². The summed E-state index contributed by atoms with van der Waals surface area (Å²) in [7, 11) is 0. The van der Waals surface area contributed by atoms with E-state index in [9.17, 15) is 0 Å². The summed E-state index contributed by atoms with van der Waals surface area (Å²) in [5.74, 6) is 0. The average Bonchev–Trinajstić information content (AvgIpc) is 3.33. The number of hydrogen-bond acceptors (Lipinski definition) is 5. The average molecular weight is 629 g/mol. The van der Waals surface area contributed by atoms with E-state index in [1.54, 1.807) is 6.92 Å². The zero-order valence-electron chi connectivity index (χ0n) is 22.2. The van der Waals surface area contributed by atoms with Crippen LogP contribution in [0.15, 0.2) is 83.5 Å². The third kappa shape index (κ3) is 12.4. The van der Waals surface area contributed by atoms with Gasteiger partial charge in [0.15, 0.2) is 0 Å². The molecule has 0 aliphatic heterocycles. The number of aliphatic imine (C=N–C) groups is 1. The summed E-state index contributed by atoms with van der Waals surface area (Å²) in [5.41, 5.74) is 10.4. The van der Waals surface area contributed by atoms with Gasteiger partial charge in [-0.1, -0.05) is 13.8 Å². The number of aryl methyl sites for hydroxylation is 1. The molecular weight excluding hydrogens is 590 g/mol. The number of nitrogens with one attached hydrogen (secondary N) is 2. The van der Waals surface area contributed by atoms with E-state index in [1.807, 2.05) is 44.2 Å². The molecule has 0 spiro atoms. The van der Waals surface area contributed by atoms with E-state index >= 15 is 0 Å². The van der Waals surface area contributed by atoms with Gasteiger partial charge in [0.05, 0.1) is 0 Å². The van der Waals surface area contributed by atoms with Crippen molar-refractivity contribution in [3.05, 3.63) is 94.2 Å². The van der Waals surface area contributed by atoms with Crippen LogP contribution in [0.25, 0.3) is 0 Å². The fourth-order valence-corrected chi connectivity index (χ4v) is 6.01. The van der Waals surface area contributed by atoms with E-state index in [0.717, 1.165) is 41.8 Å². The summed E-state index contributed by atoms with van der Waals surface area (Å²) in [6, 6.07) is 18.4. The van der Waals surface area contributed by atoms with Gasteiger partial charge >= 0.3 is 221 Å². The third-order valence-electron chi connectivity index (χ3n) is 4.85. The maximum absolute atomic E-state index is 7.26. The first-order chi connectivity index (χ1) is 18.0. The second kappa shape index (κ2) is 17.7. The number of aromatic nitrogens is 2. The van der Waals surface area contributed by atoms with Gasteiger partial charge in [-0.2, -0.15) is 0 Å². The number of nitrogens with zero attached hydrogens (tertiary/aromatic N) is 3. The van der Waals surface area contributed by atoms with Gasteiger partial charge < -0.3 is 0 Å². The molecule has 0 saturated heterocycles. The van der Waals surface area contributed by atoms with Crippen molar-refractivity contribution in [2.24, 2.45) is 10.7 Å². The van der Waals surface area contributed by atoms with Crippen LogP contribution in [0.2, 0.25) is 0 Å². The second-order valence-corrected chi connectivity index (χ2v) is 12.8. The molecule has 0 radical (unpaired) electrons. The Balaban J connectivity index is 0.000000275.